The zero-order chi connectivity index (χ0) is 20.9. The molecular weight excluding hydrogens is 376 g/mol. The third-order valence-electron chi connectivity index (χ3n) is 5.21. The summed E-state index contributed by atoms with van der Waals surface area (Å²) in [6.07, 6.45) is 10.4. The molecule has 0 radical (unpaired) electrons. The first kappa shape index (κ1) is 23.3. The predicted octanol–water partition coefficient (Wildman–Crippen LogP) is 6.45. The minimum atomic E-state index is 0.0659. The molecule has 1 N–H and O–H groups in total. The minimum Gasteiger partial charge on any atom is -0.385 e. The van der Waals surface area contributed by atoms with Gasteiger partial charge in [-0.3, -0.25) is 4.79 Å². The van der Waals surface area contributed by atoms with Gasteiger partial charge in [-0.15, -0.1) is 0 Å². The van der Waals surface area contributed by atoms with E-state index in [2.05, 4.69) is 17.9 Å². The van der Waals surface area contributed by atoms with E-state index >= 15 is 0 Å². The molecule has 2 rings (SSSR count). The lowest BCUT2D eigenvalue weighted by Crippen LogP contribution is -2.09. The number of hydrogen-bond donors (Lipinski definition) is 2. The number of nitrogens with one attached hydrogen (secondary N) is 1. The quantitative estimate of drug-likeness (QED) is 0.212. The zero-order valence-corrected chi connectivity index (χ0v) is 18.9. The van der Waals surface area contributed by atoms with Gasteiger partial charge in [-0.2, -0.15) is 12.6 Å². The molecule has 158 valence electrons. The third kappa shape index (κ3) is 8.53. The highest BCUT2D eigenvalue weighted by Gasteiger charge is 2.09. The van der Waals surface area contributed by atoms with Gasteiger partial charge in [0.25, 0.3) is 0 Å². The van der Waals surface area contributed by atoms with E-state index in [9.17, 15) is 4.79 Å². The lowest BCUT2D eigenvalue weighted by molar-refractivity contribution is 0.103. The number of thiol groups is 1. The van der Waals surface area contributed by atoms with E-state index < -0.39 is 0 Å². The van der Waals surface area contributed by atoms with Crippen LogP contribution in [0.1, 0.15) is 67.3 Å². The van der Waals surface area contributed by atoms with Crippen molar-refractivity contribution in [3.8, 4) is 0 Å². The molecule has 2 aromatic rings. The number of ketones is 1. The van der Waals surface area contributed by atoms with E-state index in [1.807, 2.05) is 67.5 Å². The molecule has 0 fully saturated rings. The van der Waals surface area contributed by atoms with Gasteiger partial charge >= 0.3 is 0 Å². The largest absolute Gasteiger partial charge is 0.385 e. The first-order chi connectivity index (χ1) is 14.1. The molecule has 0 spiro atoms. The van der Waals surface area contributed by atoms with Gasteiger partial charge in [0.15, 0.2) is 5.78 Å². The van der Waals surface area contributed by atoms with Crippen molar-refractivity contribution in [2.24, 2.45) is 0 Å². The van der Waals surface area contributed by atoms with Crippen LogP contribution >= 0.6 is 12.6 Å². The molecule has 0 aliphatic heterocycles. The predicted molar refractivity (Wildman–Crippen MR) is 130 cm³/mol. The maximum atomic E-state index is 12.6. The van der Waals surface area contributed by atoms with E-state index in [4.69, 9.17) is 0 Å². The van der Waals surface area contributed by atoms with Gasteiger partial charge in [0.2, 0.25) is 0 Å². The lowest BCUT2D eigenvalue weighted by Gasteiger charge is -2.12. The van der Waals surface area contributed by atoms with Crippen molar-refractivity contribution in [3.63, 3.8) is 0 Å². The van der Waals surface area contributed by atoms with Gasteiger partial charge in [0.05, 0.1) is 0 Å². The van der Waals surface area contributed by atoms with Gasteiger partial charge in [0, 0.05) is 43.1 Å². The maximum absolute atomic E-state index is 12.6. The molecular formula is C25H36N2OS. The van der Waals surface area contributed by atoms with Crippen molar-refractivity contribution in [2.75, 3.05) is 36.6 Å². The second kappa shape index (κ2) is 13.3. The Morgan fingerprint density at radius 2 is 1.24 bits per heavy atom. The average Bonchev–Trinajstić information content (AvgIpc) is 2.75. The lowest BCUT2D eigenvalue weighted by atomic mass is 10.0. The normalized spacial score (nSPS) is 10.7. The fourth-order valence-electron chi connectivity index (χ4n) is 3.35. The van der Waals surface area contributed by atoms with Gasteiger partial charge in [-0.1, -0.05) is 38.5 Å². The standard InChI is InChI=1S/C25H36N2OS/c1-27(2)24-17-13-22(14-18-24)25(28)21-11-15-23(16-12-21)26-19-9-7-5-3-4-6-8-10-20-29/h11-18,26,29H,3-10,19-20H2,1-2H3. The molecule has 0 saturated heterocycles. The first-order valence-electron chi connectivity index (χ1n) is 10.9. The molecule has 4 heteroatoms. The number of nitrogens with zero attached hydrogens (tertiary/aromatic N) is 1. The fourth-order valence-corrected chi connectivity index (χ4v) is 3.57. The average molecular weight is 413 g/mol. The van der Waals surface area contributed by atoms with Crippen LogP contribution in [0.3, 0.4) is 0 Å². The van der Waals surface area contributed by atoms with Crippen molar-refractivity contribution in [3.05, 3.63) is 59.7 Å². The number of unbranched alkanes of at least 4 members (excludes halogenated alkanes) is 7. The zero-order valence-electron chi connectivity index (χ0n) is 18.0. The highest BCUT2D eigenvalue weighted by Crippen LogP contribution is 2.17. The molecule has 0 atom stereocenters. The highest BCUT2D eigenvalue weighted by atomic mass is 32.1. The Kier molecular flexibility index (Phi) is 10.7. The Morgan fingerprint density at radius 1 is 0.759 bits per heavy atom. The summed E-state index contributed by atoms with van der Waals surface area (Å²) < 4.78 is 0. The summed E-state index contributed by atoms with van der Waals surface area (Å²) in [5.41, 5.74) is 3.62. The minimum absolute atomic E-state index is 0.0659. The molecule has 3 nitrogen and oxygen atoms in total. The third-order valence-corrected chi connectivity index (χ3v) is 5.52. The van der Waals surface area contributed by atoms with Crippen LogP contribution in [-0.4, -0.2) is 32.2 Å². The van der Waals surface area contributed by atoms with Gasteiger partial charge in [0.1, 0.15) is 0 Å². The van der Waals surface area contributed by atoms with Gasteiger partial charge in [-0.25, -0.2) is 0 Å². The van der Waals surface area contributed by atoms with E-state index in [0.29, 0.717) is 0 Å². The number of benzene rings is 2. The van der Waals surface area contributed by atoms with Crippen LogP contribution < -0.4 is 10.2 Å². The highest BCUT2D eigenvalue weighted by molar-refractivity contribution is 7.80. The monoisotopic (exact) mass is 412 g/mol. The van der Waals surface area contributed by atoms with Gasteiger partial charge in [-0.05, 0) is 67.1 Å². The Labute approximate surface area is 182 Å². The number of anilines is 2. The first-order valence-corrected chi connectivity index (χ1v) is 11.5. The van der Waals surface area contributed by atoms with Gasteiger partial charge < -0.3 is 10.2 Å². The number of hydrogen-bond acceptors (Lipinski definition) is 4. The summed E-state index contributed by atoms with van der Waals surface area (Å²) in [5.74, 6) is 1.08. The van der Waals surface area contributed by atoms with Crippen LogP contribution in [0.25, 0.3) is 0 Å². The van der Waals surface area contributed by atoms with E-state index in [0.717, 1.165) is 34.8 Å². The van der Waals surface area contributed by atoms with Crippen molar-refractivity contribution < 1.29 is 4.79 Å². The maximum Gasteiger partial charge on any atom is 0.193 e. The Morgan fingerprint density at radius 3 is 1.76 bits per heavy atom. The van der Waals surface area contributed by atoms with Crippen LogP contribution in [0.15, 0.2) is 48.5 Å². The Balaban J connectivity index is 1.67. The molecule has 0 saturated carbocycles. The summed E-state index contributed by atoms with van der Waals surface area (Å²) in [7, 11) is 3.99. The van der Waals surface area contributed by atoms with E-state index in [1.54, 1.807) is 0 Å². The van der Waals surface area contributed by atoms with Crippen molar-refractivity contribution >= 4 is 29.8 Å². The second-order valence-electron chi connectivity index (χ2n) is 7.83. The second-order valence-corrected chi connectivity index (χ2v) is 8.27. The molecule has 0 bridgehead atoms. The van der Waals surface area contributed by atoms with Crippen LogP contribution in [0, 0.1) is 0 Å². The number of carbonyl (C=O) groups excluding carboxylic acids is 1. The fraction of sp³-hybridized carbons (Fsp3) is 0.480. The SMILES string of the molecule is CN(C)c1ccc(C(=O)c2ccc(NCCCCCCCCCCS)cc2)cc1. The van der Waals surface area contributed by atoms with Crippen molar-refractivity contribution in [1.82, 2.24) is 0 Å². The number of carbonyl (C=O) groups is 1. The summed E-state index contributed by atoms with van der Waals surface area (Å²) in [6.45, 7) is 0.985. The van der Waals surface area contributed by atoms with Crippen LogP contribution in [0.2, 0.25) is 0 Å². The van der Waals surface area contributed by atoms with Crippen molar-refractivity contribution in [1.29, 1.82) is 0 Å². The molecule has 0 amide bonds. The molecule has 0 unspecified atom stereocenters. The van der Waals surface area contributed by atoms with Crippen LogP contribution in [0.5, 0.6) is 0 Å². The summed E-state index contributed by atoms with van der Waals surface area (Å²) in [6, 6.07) is 15.6. The Hall–Kier alpha value is -1.94. The summed E-state index contributed by atoms with van der Waals surface area (Å²) >= 11 is 4.25. The topological polar surface area (TPSA) is 32.3 Å². The Bertz CT molecular complexity index is 711. The molecule has 29 heavy (non-hydrogen) atoms. The molecule has 0 aliphatic carbocycles. The van der Waals surface area contributed by atoms with E-state index in [1.165, 1.54) is 51.4 Å². The van der Waals surface area contributed by atoms with Crippen LogP contribution in [0.4, 0.5) is 11.4 Å². The number of rotatable bonds is 14. The van der Waals surface area contributed by atoms with E-state index in [-0.39, 0.29) is 5.78 Å². The molecule has 2 aromatic carbocycles. The molecule has 0 aliphatic rings. The smallest absolute Gasteiger partial charge is 0.193 e. The molecule has 0 heterocycles. The molecule has 0 aromatic heterocycles. The summed E-state index contributed by atoms with van der Waals surface area (Å²) in [5, 5.41) is 3.46. The van der Waals surface area contributed by atoms with Crippen molar-refractivity contribution in [2.45, 2.75) is 51.4 Å². The summed E-state index contributed by atoms with van der Waals surface area (Å²) in [4.78, 5) is 14.7. The van der Waals surface area contributed by atoms with Crippen LogP contribution in [-0.2, 0) is 0 Å².